The number of para-hydroxylation sites is 1. The van der Waals surface area contributed by atoms with Crippen molar-refractivity contribution in [3.63, 3.8) is 0 Å². The lowest BCUT2D eigenvalue weighted by Gasteiger charge is -2.21. The Hall–Kier alpha value is -3.78. The van der Waals surface area contributed by atoms with E-state index in [1.807, 2.05) is 42.5 Å². The van der Waals surface area contributed by atoms with Crippen LogP contribution in [0.15, 0.2) is 71.9 Å². The number of nitrogens with one attached hydrogen (secondary N) is 1. The van der Waals surface area contributed by atoms with E-state index in [0.717, 1.165) is 22.6 Å². The quantitative estimate of drug-likeness (QED) is 0.360. The number of nitrogens with zero attached hydrogens (tertiary/aromatic N) is 3. The summed E-state index contributed by atoms with van der Waals surface area (Å²) in [6.45, 7) is 2.08. The Labute approximate surface area is 202 Å². The highest BCUT2D eigenvalue weighted by Crippen LogP contribution is 2.41. The third-order valence-electron chi connectivity index (χ3n) is 5.54. The summed E-state index contributed by atoms with van der Waals surface area (Å²) >= 11 is 1.52. The molecule has 1 aromatic heterocycles. The van der Waals surface area contributed by atoms with Crippen LogP contribution in [0.4, 0.5) is 5.69 Å². The van der Waals surface area contributed by atoms with Gasteiger partial charge in [-0.1, -0.05) is 59.8 Å². The highest BCUT2D eigenvalue weighted by Gasteiger charge is 2.28. The van der Waals surface area contributed by atoms with E-state index < -0.39 is 6.23 Å². The molecule has 1 aliphatic rings. The summed E-state index contributed by atoms with van der Waals surface area (Å²) in [5.41, 5.74) is 5.55. The number of aromatic nitrogens is 3. The molecule has 172 valence electrons. The van der Waals surface area contributed by atoms with Gasteiger partial charge in [0.2, 0.25) is 17.3 Å². The van der Waals surface area contributed by atoms with Crippen LogP contribution < -0.4 is 19.5 Å². The molecule has 2 heterocycles. The molecule has 0 spiro atoms. The average Bonchev–Trinajstić information content (AvgIpc) is 3.04. The minimum absolute atomic E-state index is 0.411. The van der Waals surface area contributed by atoms with Gasteiger partial charge in [-0.05, 0) is 36.8 Å². The van der Waals surface area contributed by atoms with Crippen molar-refractivity contribution in [1.29, 1.82) is 0 Å². The van der Waals surface area contributed by atoms with E-state index in [1.165, 1.54) is 22.9 Å². The second kappa shape index (κ2) is 9.61. The molecule has 0 amide bonds. The summed E-state index contributed by atoms with van der Waals surface area (Å²) in [7, 11) is 3.26. The third kappa shape index (κ3) is 4.49. The molecule has 0 radical (unpaired) electrons. The summed E-state index contributed by atoms with van der Waals surface area (Å²) in [4.78, 5) is 4.73. The van der Waals surface area contributed by atoms with E-state index in [0.29, 0.717) is 28.2 Å². The van der Waals surface area contributed by atoms with Gasteiger partial charge in [0.15, 0.2) is 5.69 Å². The van der Waals surface area contributed by atoms with Crippen LogP contribution in [0.3, 0.4) is 0 Å². The minimum Gasteiger partial charge on any atom is -0.497 e. The van der Waals surface area contributed by atoms with Crippen LogP contribution in [-0.2, 0) is 5.75 Å². The zero-order chi connectivity index (χ0) is 23.5. The van der Waals surface area contributed by atoms with E-state index in [-0.39, 0.29) is 0 Å². The summed E-state index contributed by atoms with van der Waals surface area (Å²) in [6.07, 6.45) is -0.570. The molecule has 3 aromatic carbocycles. The van der Waals surface area contributed by atoms with Gasteiger partial charge in [-0.3, -0.25) is 0 Å². The molecule has 0 aliphatic carbocycles. The Morgan fingerprint density at radius 1 is 0.971 bits per heavy atom. The largest absolute Gasteiger partial charge is 0.497 e. The van der Waals surface area contributed by atoms with Gasteiger partial charge in [0.05, 0.1) is 19.8 Å². The van der Waals surface area contributed by atoms with Crippen molar-refractivity contribution >= 4 is 17.4 Å². The fourth-order valence-electron chi connectivity index (χ4n) is 3.73. The number of hydrogen-bond acceptors (Lipinski definition) is 8. The monoisotopic (exact) mass is 472 g/mol. The average molecular weight is 473 g/mol. The Kier molecular flexibility index (Phi) is 6.22. The molecule has 1 aliphatic heterocycles. The van der Waals surface area contributed by atoms with Crippen LogP contribution in [0.5, 0.6) is 17.4 Å². The van der Waals surface area contributed by atoms with Gasteiger partial charge < -0.3 is 19.5 Å². The van der Waals surface area contributed by atoms with Crippen molar-refractivity contribution in [3.8, 4) is 28.6 Å². The summed E-state index contributed by atoms with van der Waals surface area (Å²) in [5.74, 6) is 2.53. The Bertz CT molecular complexity index is 1310. The molecule has 0 saturated carbocycles. The SMILES string of the molecule is COc1ccc(OC)c([C@@H]2Nc3ccccc3-c3nnc(SCc4ccc(C)cc4)nc3O2)c1. The molecule has 4 aromatic rings. The molecular formula is C26H24N4O3S. The van der Waals surface area contributed by atoms with E-state index >= 15 is 0 Å². The van der Waals surface area contributed by atoms with Crippen molar-refractivity contribution in [2.24, 2.45) is 0 Å². The predicted molar refractivity (Wildman–Crippen MR) is 133 cm³/mol. The van der Waals surface area contributed by atoms with Gasteiger partial charge in [0.25, 0.3) is 0 Å². The van der Waals surface area contributed by atoms with E-state index in [1.54, 1.807) is 14.2 Å². The van der Waals surface area contributed by atoms with E-state index in [4.69, 9.17) is 19.2 Å². The molecule has 1 atom stereocenters. The molecule has 0 fully saturated rings. The molecule has 0 bridgehead atoms. The Morgan fingerprint density at radius 2 is 1.79 bits per heavy atom. The van der Waals surface area contributed by atoms with Crippen molar-refractivity contribution in [3.05, 3.63) is 83.4 Å². The number of anilines is 1. The number of rotatable bonds is 6. The second-order valence-electron chi connectivity index (χ2n) is 7.82. The highest BCUT2D eigenvalue weighted by molar-refractivity contribution is 7.98. The highest BCUT2D eigenvalue weighted by atomic mass is 32.2. The minimum atomic E-state index is -0.570. The number of methoxy groups -OCH3 is 2. The van der Waals surface area contributed by atoms with Crippen LogP contribution in [-0.4, -0.2) is 29.4 Å². The van der Waals surface area contributed by atoms with Gasteiger partial charge in [-0.25, -0.2) is 0 Å². The lowest BCUT2D eigenvalue weighted by molar-refractivity contribution is 0.219. The lowest BCUT2D eigenvalue weighted by atomic mass is 10.1. The standard InChI is InChI=1S/C26H24N4O3S/c1-16-8-10-17(11-9-16)15-34-26-28-25-23(29-30-26)19-6-4-5-7-21(19)27-24(33-25)20-14-18(31-2)12-13-22(20)32-3/h4-14,24,27H,15H2,1-3H3/t24-/m1/s1. The van der Waals surface area contributed by atoms with Crippen LogP contribution in [0.25, 0.3) is 11.3 Å². The lowest BCUT2D eigenvalue weighted by Crippen LogP contribution is -2.18. The van der Waals surface area contributed by atoms with Crippen LogP contribution in [0, 0.1) is 6.92 Å². The molecule has 34 heavy (non-hydrogen) atoms. The Morgan fingerprint density at radius 3 is 2.59 bits per heavy atom. The van der Waals surface area contributed by atoms with Crippen molar-refractivity contribution in [2.45, 2.75) is 24.1 Å². The smallest absolute Gasteiger partial charge is 0.247 e. The summed E-state index contributed by atoms with van der Waals surface area (Å²) in [5, 5.41) is 12.9. The van der Waals surface area contributed by atoms with Crippen LogP contribution in [0.2, 0.25) is 0 Å². The molecule has 8 heteroatoms. The fraction of sp³-hybridized carbons (Fsp3) is 0.192. The number of ether oxygens (including phenoxy) is 3. The first-order valence-electron chi connectivity index (χ1n) is 10.8. The molecular weight excluding hydrogens is 448 g/mol. The van der Waals surface area contributed by atoms with Gasteiger partial charge in [0.1, 0.15) is 11.5 Å². The van der Waals surface area contributed by atoms with Gasteiger partial charge in [-0.2, -0.15) is 4.98 Å². The predicted octanol–water partition coefficient (Wildman–Crippen LogP) is 5.66. The van der Waals surface area contributed by atoms with Crippen molar-refractivity contribution in [2.75, 3.05) is 19.5 Å². The van der Waals surface area contributed by atoms with Gasteiger partial charge in [-0.15, -0.1) is 10.2 Å². The Balaban J connectivity index is 1.51. The summed E-state index contributed by atoms with van der Waals surface area (Å²) < 4.78 is 17.4. The van der Waals surface area contributed by atoms with Crippen LogP contribution >= 0.6 is 11.8 Å². The fourth-order valence-corrected chi connectivity index (χ4v) is 4.46. The topological polar surface area (TPSA) is 78.4 Å². The number of fused-ring (bicyclic) bond motifs is 3. The molecule has 1 N–H and O–H groups in total. The number of benzene rings is 3. The normalized spacial score (nSPS) is 14.1. The first-order chi connectivity index (χ1) is 16.6. The number of thioether (sulfide) groups is 1. The maximum Gasteiger partial charge on any atom is 0.247 e. The van der Waals surface area contributed by atoms with Crippen molar-refractivity contribution < 1.29 is 14.2 Å². The van der Waals surface area contributed by atoms with Gasteiger partial charge >= 0.3 is 0 Å². The molecule has 5 rings (SSSR count). The van der Waals surface area contributed by atoms with Crippen LogP contribution in [0.1, 0.15) is 22.9 Å². The number of aryl methyl sites for hydroxylation is 1. The molecule has 7 nitrogen and oxygen atoms in total. The zero-order valence-corrected chi connectivity index (χ0v) is 19.9. The first-order valence-corrected chi connectivity index (χ1v) is 11.8. The molecule has 0 saturated heterocycles. The summed E-state index contributed by atoms with van der Waals surface area (Å²) in [6, 6.07) is 21.9. The first kappa shape index (κ1) is 22.0. The van der Waals surface area contributed by atoms with Crippen molar-refractivity contribution in [1.82, 2.24) is 15.2 Å². The second-order valence-corrected chi connectivity index (χ2v) is 8.76. The van der Waals surface area contributed by atoms with E-state index in [2.05, 4.69) is 46.7 Å². The zero-order valence-electron chi connectivity index (χ0n) is 19.1. The third-order valence-corrected chi connectivity index (χ3v) is 6.45. The molecule has 0 unspecified atom stereocenters. The number of hydrogen-bond donors (Lipinski definition) is 1. The van der Waals surface area contributed by atoms with Gasteiger partial charge in [0, 0.05) is 17.0 Å². The maximum absolute atomic E-state index is 6.40. The van der Waals surface area contributed by atoms with E-state index in [9.17, 15) is 0 Å². The maximum atomic E-state index is 6.40.